The normalized spacial score (nSPS) is 20.9. The van der Waals surface area contributed by atoms with Crippen molar-refractivity contribution in [3.05, 3.63) is 40.8 Å². The van der Waals surface area contributed by atoms with Crippen LogP contribution in [0.3, 0.4) is 0 Å². The molecule has 2 aromatic rings. The predicted molar refractivity (Wildman–Crippen MR) is 127 cm³/mol. The van der Waals surface area contributed by atoms with Gasteiger partial charge in [-0.05, 0) is 67.4 Å². The van der Waals surface area contributed by atoms with Crippen LogP contribution < -0.4 is 14.8 Å². The van der Waals surface area contributed by atoms with E-state index in [1.807, 2.05) is 17.0 Å². The van der Waals surface area contributed by atoms with Crippen molar-refractivity contribution in [1.82, 2.24) is 15.4 Å². The molecule has 3 heterocycles. The number of aromatic nitrogens is 1. The average Bonchev–Trinajstić information content (AvgIpc) is 3.28. The standard InChI is InChI=1S/C26H37N3O4/c1-26(2,3)24-14-21(28-33-24)10-19-15-27-8-6-17(19)13-25(30)29-9-7-18-11-22(31-4)23(32-5)12-20(18)16-29/h11-12,14,17,19,27H,6-10,13,15-16H2,1-5H3. The molecule has 33 heavy (non-hydrogen) atoms. The van der Waals surface area contributed by atoms with Crippen molar-refractivity contribution in [1.29, 1.82) is 0 Å². The number of fused-ring (bicyclic) bond motifs is 1. The van der Waals surface area contributed by atoms with Crippen LogP contribution in [-0.2, 0) is 29.6 Å². The lowest BCUT2D eigenvalue weighted by molar-refractivity contribution is -0.133. The first kappa shape index (κ1) is 23.6. The van der Waals surface area contributed by atoms with Crippen molar-refractivity contribution in [2.45, 2.75) is 58.4 Å². The van der Waals surface area contributed by atoms with Gasteiger partial charge in [0.1, 0.15) is 5.76 Å². The third-order valence-corrected chi connectivity index (χ3v) is 7.04. The van der Waals surface area contributed by atoms with Gasteiger partial charge < -0.3 is 24.2 Å². The van der Waals surface area contributed by atoms with E-state index in [1.54, 1.807) is 14.2 Å². The summed E-state index contributed by atoms with van der Waals surface area (Å²) < 4.78 is 16.5. The number of amides is 1. The third kappa shape index (κ3) is 5.35. The molecule has 4 rings (SSSR count). The van der Waals surface area contributed by atoms with Gasteiger partial charge >= 0.3 is 0 Å². The topological polar surface area (TPSA) is 76.8 Å². The van der Waals surface area contributed by atoms with E-state index >= 15 is 0 Å². The number of piperidine rings is 1. The van der Waals surface area contributed by atoms with E-state index in [9.17, 15) is 4.79 Å². The van der Waals surface area contributed by atoms with Crippen LogP contribution in [0.2, 0.25) is 0 Å². The maximum atomic E-state index is 13.3. The minimum absolute atomic E-state index is 0.0529. The molecule has 0 bridgehead atoms. The molecule has 2 aliphatic rings. The molecule has 0 aliphatic carbocycles. The zero-order chi connectivity index (χ0) is 23.6. The Morgan fingerprint density at radius 1 is 1.15 bits per heavy atom. The SMILES string of the molecule is COc1cc2c(cc1OC)CN(C(=O)CC1CCNCC1Cc1cc(C(C)(C)C)on1)CC2. The van der Waals surface area contributed by atoms with Crippen molar-refractivity contribution < 1.29 is 18.8 Å². The fourth-order valence-electron chi connectivity index (χ4n) is 4.96. The first-order valence-corrected chi connectivity index (χ1v) is 12.0. The van der Waals surface area contributed by atoms with Crippen LogP contribution >= 0.6 is 0 Å². The Labute approximate surface area is 196 Å². The van der Waals surface area contributed by atoms with E-state index in [-0.39, 0.29) is 11.3 Å². The first-order valence-electron chi connectivity index (χ1n) is 12.0. The highest BCUT2D eigenvalue weighted by Crippen LogP contribution is 2.34. The lowest BCUT2D eigenvalue weighted by atomic mass is 9.80. The largest absolute Gasteiger partial charge is 0.493 e. The number of methoxy groups -OCH3 is 2. The molecule has 1 saturated heterocycles. The first-order chi connectivity index (χ1) is 15.8. The van der Waals surface area contributed by atoms with Crippen LogP contribution in [0.15, 0.2) is 22.7 Å². The van der Waals surface area contributed by atoms with E-state index in [2.05, 4.69) is 37.3 Å². The summed E-state index contributed by atoms with van der Waals surface area (Å²) in [7, 11) is 3.30. The Morgan fingerprint density at radius 2 is 1.88 bits per heavy atom. The number of hydrogen-bond acceptors (Lipinski definition) is 6. The minimum Gasteiger partial charge on any atom is -0.493 e. The molecule has 7 nitrogen and oxygen atoms in total. The average molecular weight is 456 g/mol. The van der Waals surface area contributed by atoms with E-state index < -0.39 is 0 Å². The second-order valence-corrected chi connectivity index (χ2v) is 10.4. The summed E-state index contributed by atoms with van der Waals surface area (Å²) in [6.45, 7) is 9.63. The summed E-state index contributed by atoms with van der Waals surface area (Å²) in [5, 5.41) is 7.82. The molecule has 2 atom stereocenters. The van der Waals surface area contributed by atoms with Crippen LogP contribution in [0.4, 0.5) is 0 Å². The maximum Gasteiger partial charge on any atom is 0.223 e. The Kier molecular flexibility index (Phi) is 6.98. The highest BCUT2D eigenvalue weighted by atomic mass is 16.5. The van der Waals surface area contributed by atoms with Crippen molar-refractivity contribution >= 4 is 5.91 Å². The van der Waals surface area contributed by atoms with Gasteiger partial charge in [0.2, 0.25) is 5.91 Å². The molecule has 1 N–H and O–H groups in total. The summed E-state index contributed by atoms with van der Waals surface area (Å²) >= 11 is 0. The Hall–Kier alpha value is -2.54. The van der Waals surface area contributed by atoms with Crippen LogP contribution in [0.25, 0.3) is 0 Å². The van der Waals surface area contributed by atoms with Crippen LogP contribution in [0, 0.1) is 11.8 Å². The Balaban J connectivity index is 1.41. The van der Waals surface area contributed by atoms with Crippen LogP contribution in [-0.4, -0.2) is 49.8 Å². The third-order valence-electron chi connectivity index (χ3n) is 7.04. The summed E-state index contributed by atoms with van der Waals surface area (Å²) in [6.07, 6.45) is 3.27. The zero-order valence-electron chi connectivity index (χ0n) is 20.6. The second-order valence-electron chi connectivity index (χ2n) is 10.4. The van der Waals surface area contributed by atoms with Gasteiger partial charge in [-0.1, -0.05) is 25.9 Å². The zero-order valence-corrected chi connectivity index (χ0v) is 20.6. The number of hydrogen-bond donors (Lipinski definition) is 1. The fraction of sp³-hybridized carbons (Fsp3) is 0.615. The molecule has 2 aliphatic heterocycles. The van der Waals surface area contributed by atoms with Gasteiger partial charge in [0, 0.05) is 31.0 Å². The van der Waals surface area contributed by atoms with E-state index in [1.165, 1.54) is 5.56 Å². The number of nitrogens with one attached hydrogen (secondary N) is 1. The quantitative estimate of drug-likeness (QED) is 0.715. The highest BCUT2D eigenvalue weighted by molar-refractivity contribution is 5.77. The van der Waals surface area contributed by atoms with Gasteiger partial charge in [-0.3, -0.25) is 4.79 Å². The van der Waals surface area contributed by atoms with E-state index in [0.717, 1.165) is 61.7 Å². The van der Waals surface area contributed by atoms with Gasteiger partial charge in [0.05, 0.1) is 19.9 Å². The summed E-state index contributed by atoms with van der Waals surface area (Å²) in [5.41, 5.74) is 3.31. The number of benzene rings is 1. The number of carbonyl (C=O) groups excluding carboxylic acids is 1. The van der Waals surface area contributed by atoms with E-state index in [0.29, 0.717) is 30.6 Å². The van der Waals surface area contributed by atoms with E-state index in [4.69, 9.17) is 14.0 Å². The molecule has 1 aromatic carbocycles. The summed E-state index contributed by atoms with van der Waals surface area (Å²) in [5.74, 6) is 3.33. The number of carbonyl (C=O) groups is 1. The summed E-state index contributed by atoms with van der Waals surface area (Å²) in [6, 6.07) is 6.14. The monoisotopic (exact) mass is 455 g/mol. The highest BCUT2D eigenvalue weighted by Gasteiger charge is 2.31. The minimum atomic E-state index is -0.0529. The number of rotatable bonds is 6. The van der Waals surface area contributed by atoms with Crippen molar-refractivity contribution in [3.63, 3.8) is 0 Å². The van der Waals surface area contributed by atoms with Gasteiger partial charge in [0.25, 0.3) is 0 Å². The Bertz CT molecular complexity index is 978. The molecule has 2 unspecified atom stereocenters. The molecule has 0 radical (unpaired) electrons. The van der Waals surface area contributed by atoms with Crippen molar-refractivity contribution in [2.24, 2.45) is 11.8 Å². The predicted octanol–water partition coefficient (Wildman–Crippen LogP) is 3.73. The molecular weight excluding hydrogens is 418 g/mol. The molecule has 180 valence electrons. The summed E-state index contributed by atoms with van der Waals surface area (Å²) in [4.78, 5) is 15.3. The Morgan fingerprint density at radius 3 is 2.55 bits per heavy atom. The molecular formula is C26H37N3O4. The van der Waals surface area contributed by atoms with Crippen molar-refractivity contribution in [3.8, 4) is 11.5 Å². The number of nitrogens with zero attached hydrogens (tertiary/aromatic N) is 2. The van der Waals surface area contributed by atoms with Crippen molar-refractivity contribution in [2.75, 3.05) is 33.9 Å². The van der Waals surface area contributed by atoms with Gasteiger partial charge in [-0.2, -0.15) is 0 Å². The van der Waals surface area contributed by atoms with Gasteiger partial charge in [-0.15, -0.1) is 0 Å². The lowest BCUT2D eigenvalue weighted by Gasteiger charge is -2.35. The molecule has 1 fully saturated rings. The fourth-order valence-corrected chi connectivity index (χ4v) is 4.96. The molecule has 7 heteroatoms. The van der Waals surface area contributed by atoms with Crippen LogP contribution in [0.5, 0.6) is 11.5 Å². The smallest absolute Gasteiger partial charge is 0.223 e. The molecule has 0 spiro atoms. The second kappa shape index (κ2) is 9.75. The van der Waals surface area contributed by atoms with Gasteiger partial charge in [-0.25, -0.2) is 0 Å². The maximum absolute atomic E-state index is 13.3. The molecule has 0 saturated carbocycles. The lowest BCUT2D eigenvalue weighted by Crippen LogP contribution is -2.42. The van der Waals surface area contributed by atoms with Gasteiger partial charge in [0.15, 0.2) is 11.5 Å². The molecule has 1 amide bonds. The number of ether oxygens (including phenoxy) is 2. The molecule has 1 aromatic heterocycles. The van der Waals surface area contributed by atoms with Crippen LogP contribution in [0.1, 0.15) is 56.2 Å².